The van der Waals surface area contributed by atoms with Crippen LogP contribution in [0.3, 0.4) is 0 Å². The lowest BCUT2D eigenvalue weighted by molar-refractivity contribution is -0.128. The SMILES string of the molecule is CC(C)(C)OC(=O)N1CCC(NC(=O)[C@@H]2C[C@@H]3CN2C(=O)N3O)CC1. The minimum Gasteiger partial charge on any atom is -0.444 e. The molecule has 140 valence electrons. The zero-order valence-corrected chi connectivity index (χ0v) is 14.9. The minimum atomic E-state index is -0.522. The van der Waals surface area contributed by atoms with Gasteiger partial charge in [0, 0.05) is 32.1 Å². The molecule has 0 aliphatic carbocycles. The summed E-state index contributed by atoms with van der Waals surface area (Å²) in [6.45, 7) is 6.94. The minimum absolute atomic E-state index is 0.0214. The number of amides is 4. The van der Waals surface area contributed by atoms with Gasteiger partial charge in [-0.3, -0.25) is 10.0 Å². The molecule has 3 heterocycles. The first kappa shape index (κ1) is 17.8. The van der Waals surface area contributed by atoms with Crippen molar-refractivity contribution < 1.29 is 24.3 Å². The molecule has 0 radical (unpaired) electrons. The zero-order chi connectivity index (χ0) is 18.4. The van der Waals surface area contributed by atoms with Crippen LogP contribution < -0.4 is 5.32 Å². The van der Waals surface area contributed by atoms with Crippen molar-refractivity contribution in [3.63, 3.8) is 0 Å². The first-order valence-corrected chi connectivity index (χ1v) is 8.73. The molecule has 2 atom stereocenters. The highest BCUT2D eigenvalue weighted by Crippen LogP contribution is 2.30. The summed E-state index contributed by atoms with van der Waals surface area (Å²) in [4.78, 5) is 39.3. The Labute approximate surface area is 146 Å². The molecule has 0 unspecified atom stereocenters. The maximum atomic E-state index is 12.4. The predicted molar refractivity (Wildman–Crippen MR) is 86.9 cm³/mol. The number of piperidine rings is 1. The quantitative estimate of drug-likeness (QED) is 0.713. The van der Waals surface area contributed by atoms with Crippen molar-refractivity contribution in [1.82, 2.24) is 20.2 Å². The van der Waals surface area contributed by atoms with Crippen LogP contribution in [0.5, 0.6) is 0 Å². The summed E-state index contributed by atoms with van der Waals surface area (Å²) < 4.78 is 5.36. The highest BCUT2D eigenvalue weighted by molar-refractivity contribution is 5.89. The van der Waals surface area contributed by atoms with E-state index in [0.717, 1.165) is 0 Å². The number of urea groups is 1. The maximum absolute atomic E-state index is 12.4. The highest BCUT2D eigenvalue weighted by atomic mass is 16.6. The molecule has 25 heavy (non-hydrogen) atoms. The molecule has 2 bridgehead atoms. The number of hydroxylamine groups is 2. The van der Waals surface area contributed by atoms with Gasteiger partial charge in [-0.15, -0.1) is 0 Å². The van der Waals surface area contributed by atoms with E-state index in [1.165, 1.54) is 4.90 Å². The number of carbonyl (C=O) groups excluding carboxylic acids is 3. The Morgan fingerprint density at radius 3 is 2.40 bits per heavy atom. The molecule has 9 nitrogen and oxygen atoms in total. The third-order valence-electron chi connectivity index (χ3n) is 4.86. The number of likely N-dealkylation sites (tertiary alicyclic amines) is 1. The molecule has 3 fully saturated rings. The molecule has 3 rings (SSSR count). The second-order valence-electron chi connectivity index (χ2n) is 7.94. The molecule has 3 aliphatic rings. The van der Waals surface area contributed by atoms with Gasteiger partial charge in [-0.2, -0.15) is 0 Å². The Hall–Kier alpha value is -2.03. The van der Waals surface area contributed by atoms with Gasteiger partial charge in [0.2, 0.25) is 5.91 Å². The third-order valence-corrected chi connectivity index (χ3v) is 4.86. The van der Waals surface area contributed by atoms with Gasteiger partial charge in [0.15, 0.2) is 0 Å². The number of fused-ring (bicyclic) bond motifs is 2. The van der Waals surface area contributed by atoms with Crippen LogP contribution in [0.15, 0.2) is 0 Å². The summed E-state index contributed by atoms with van der Waals surface area (Å²) in [7, 11) is 0. The molecular weight excluding hydrogens is 328 g/mol. The van der Waals surface area contributed by atoms with Crippen molar-refractivity contribution in [3.8, 4) is 0 Å². The monoisotopic (exact) mass is 354 g/mol. The number of hydrogen-bond acceptors (Lipinski definition) is 5. The van der Waals surface area contributed by atoms with Crippen molar-refractivity contribution in [3.05, 3.63) is 0 Å². The smallest absolute Gasteiger partial charge is 0.410 e. The Balaban J connectivity index is 1.46. The molecule has 2 N–H and O–H groups in total. The summed E-state index contributed by atoms with van der Waals surface area (Å²) in [5.74, 6) is -0.181. The number of hydrogen-bond donors (Lipinski definition) is 2. The van der Waals surface area contributed by atoms with Gasteiger partial charge in [-0.1, -0.05) is 0 Å². The van der Waals surface area contributed by atoms with E-state index in [-0.39, 0.29) is 24.1 Å². The van der Waals surface area contributed by atoms with Gasteiger partial charge in [0.1, 0.15) is 11.6 Å². The van der Waals surface area contributed by atoms with Crippen LogP contribution in [0, 0.1) is 0 Å². The van der Waals surface area contributed by atoms with E-state index in [1.54, 1.807) is 4.90 Å². The van der Waals surface area contributed by atoms with E-state index in [4.69, 9.17) is 4.74 Å². The van der Waals surface area contributed by atoms with Crippen molar-refractivity contribution >= 4 is 18.0 Å². The van der Waals surface area contributed by atoms with Gasteiger partial charge >= 0.3 is 12.1 Å². The molecule has 4 amide bonds. The molecule has 3 saturated heterocycles. The fraction of sp³-hybridized carbons (Fsp3) is 0.812. The molecule has 9 heteroatoms. The summed E-state index contributed by atoms with van der Waals surface area (Å²) in [5, 5.41) is 13.2. The van der Waals surface area contributed by atoms with Gasteiger partial charge in [0.05, 0.1) is 6.04 Å². The van der Waals surface area contributed by atoms with Gasteiger partial charge in [-0.25, -0.2) is 14.7 Å². The second kappa shape index (κ2) is 6.36. The summed E-state index contributed by atoms with van der Waals surface area (Å²) >= 11 is 0. The van der Waals surface area contributed by atoms with Crippen LogP contribution >= 0.6 is 0 Å². The summed E-state index contributed by atoms with van der Waals surface area (Å²) in [6.07, 6.45) is 1.43. The van der Waals surface area contributed by atoms with E-state index in [2.05, 4.69) is 5.32 Å². The fourth-order valence-electron chi connectivity index (χ4n) is 3.57. The molecule has 0 aromatic carbocycles. The van der Waals surface area contributed by atoms with Crippen LogP contribution in [0.2, 0.25) is 0 Å². The molecule has 0 aromatic rings. The third kappa shape index (κ3) is 3.65. The number of ether oxygens (including phenoxy) is 1. The summed E-state index contributed by atoms with van der Waals surface area (Å²) in [6, 6.07) is -1.33. The molecule has 0 saturated carbocycles. The van der Waals surface area contributed by atoms with E-state index in [1.807, 2.05) is 20.8 Å². The Morgan fingerprint density at radius 1 is 1.24 bits per heavy atom. The average Bonchev–Trinajstić information content (AvgIpc) is 3.07. The fourth-order valence-corrected chi connectivity index (χ4v) is 3.57. The zero-order valence-electron chi connectivity index (χ0n) is 14.9. The first-order valence-electron chi connectivity index (χ1n) is 8.73. The summed E-state index contributed by atoms with van der Waals surface area (Å²) in [5.41, 5.74) is -0.522. The molecule has 3 aliphatic heterocycles. The Kier molecular flexibility index (Phi) is 4.52. The van der Waals surface area contributed by atoms with Crippen LogP contribution in [-0.2, 0) is 9.53 Å². The maximum Gasteiger partial charge on any atom is 0.410 e. The lowest BCUT2D eigenvalue weighted by atomic mass is 10.0. The normalized spacial score (nSPS) is 27.0. The Bertz CT molecular complexity index is 567. The van der Waals surface area contributed by atoms with E-state index in [0.29, 0.717) is 44.0 Å². The highest BCUT2D eigenvalue weighted by Gasteiger charge is 2.51. The van der Waals surface area contributed by atoms with Gasteiger partial charge in [0.25, 0.3) is 0 Å². The van der Waals surface area contributed by atoms with E-state index in [9.17, 15) is 19.6 Å². The largest absolute Gasteiger partial charge is 0.444 e. The van der Waals surface area contributed by atoms with Crippen LogP contribution in [0.4, 0.5) is 9.59 Å². The lowest BCUT2D eigenvalue weighted by Gasteiger charge is -2.35. The van der Waals surface area contributed by atoms with Crippen molar-refractivity contribution in [2.24, 2.45) is 0 Å². The van der Waals surface area contributed by atoms with Crippen molar-refractivity contribution in [1.29, 1.82) is 0 Å². The average molecular weight is 354 g/mol. The molecule has 0 spiro atoms. The van der Waals surface area contributed by atoms with Crippen LogP contribution in [0.25, 0.3) is 0 Å². The number of rotatable bonds is 2. The van der Waals surface area contributed by atoms with E-state index >= 15 is 0 Å². The standard InChI is InChI=1S/C16H26N4O5/c1-16(2,3)25-15(23)18-6-4-10(5-7-18)17-13(21)12-8-11-9-19(12)14(22)20(11)24/h10-12,24H,4-9H2,1-3H3,(H,17,21)/t11-,12+/m1/s1. The van der Waals surface area contributed by atoms with Crippen molar-refractivity contribution in [2.45, 2.75) is 63.8 Å². The molecule has 0 aromatic heterocycles. The lowest BCUT2D eigenvalue weighted by Crippen LogP contribution is -2.54. The predicted octanol–water partition coefficient (Wildman–Crippen LogP) is 0.770. The van der Waals surface area contributed by atoms with Gasteiger partial charge < -0.3 is 19.9 Å². The van der Waals surface area contributed by atoms with Crippen molar-refractivity contribution in [2.75, 3.05) is 19.6 Å². The first-order chi connectivity index (χ1) is 11.7. The van der Waals surface area contributed by atoms with E-state index < -0.39 is 17.7 Å². The van der Waals surface area contributed by atoms with Gasteiger partial charge in [-0.05, 0) is 33.6 Å². The molecular formula is C16H26N4O5. The number of nitrogens with zero attached hydrogens (tertiary/aromatic N) is 3. The number of nitrogens with one attached hydrogen (secondary N) is 1. The Morgan fingerprint density at radius 2 is 1.88 bits per heavy atom. The number of carbonyl (C=O) groups is 3. The second-order valence-corrected chi connectivity index (χ2v) is 7.94. The topological polar surface area (TPSA) is 102 Å². The van der Waals surface area contributed by atoms with Crippen LogP contribution in [0.1, 0.15) is 40.0 Å². The van der Waals surface area contributed by atoms with Crippen LogP contribution in [-0.4, -0.2) is 81.5 Å².